The normalized spacial score (nSPS) is 16.1. The summed E-state index contributed by atoms with van der Waals surface area (Å²) in [6.45, 7) is 7.15. The first kappa shape index (κ1) is 16.6. The van der Waals surface area contributed by atoms with Crippen molar-refractivity contribution >= 4 is 11.9 Å². The zero-order chi connectivity index (χ0) is 15.3. The molecule has 0 fully saturated rings. The average Bonchev–Trinajstić information content (AvgIpc) is 2.42. The Kier molecular flexibility index (Phi) is 6.11. The maximum absolute atomic E-state index is 11.4. The van der Waals surface area contributed by atoms with E-state index >= 15 is 0 Å². The second-order valence-corrected chi connectivity index (χ2v) is 5.40. The summed E-state index contributed by atoms with van der Waals surface area (Å²) in [5.74, 6) is -0.544. The molecule has 0 aliphatic heterocycles. The van der Waals surface area contributed by atoms with Crippen molar-refractivity contribution in [2.45, 2.75) is 39.7 Å². The van der Waals surface area contributed by atoms with E-state index in [9.17, 15) is 9.90 Å². The fourth-order valence-electron chi connectivity index (χ4n) is 2.29. The van der Waals surface area contributed by atoms with E-state index in [1.165, 1.54) is 6.92 Å². The lowest BCUT2D eigenvalue weighted by molar-refractivity contribution is -0.123. The van der Waals surface area contributed by atoms with Gasteiger partial charge in [-0.15, -0.1) is 0 Å². The third kappa shape index (κ3) is 4.02. The molecule has 0 unspecified atom stereocenters. The molecule has 0 bridgehead atoms. The summed E-state index contributed by atoms with van der Waals surface area (Å²) in [6, 6.07) is 5.99. The van der Waals surface area contributed by atoms with Crippen LogP contribution in [0.3, 0.4) is 0 Å². The molecule has 0 radical (unpaired) electrons. The monoisotopic (exact) mass is 276 g/mol. The van der Waals surface area contributed by atoms with E-state index in [0.29, 0.717) is 0 Å². The molecule has 3 nitrogen and oxygen atoms in total. The Morgan fingerprint density at radius 1 is 1.35 bits per heavy atom. The van der Waals surface area contributed by atoms with Gasteiger partial charge in [0.2, 0.25) is 0 Å². The number of ketones is 1. The molecule has 0 aliphatic rings. The van der Waals surface area contributed by atoms with E-state index in [-0.39, 0.29) is 24.2 Å². The van der Waals surface area contributed by atoms with Crippen molar-refractivity contribution in [2.75, 3.05) is 6.61 Å². The van der Waals surface area contributed by atoms with Crippen LogP contribution in [0.5, 0.6) is 0 Å². The first-order valence-corrected chi connectivity index (χ1v) is 6.95. The average molecular weight is 276 g/mol. The van der Waals surface area contributed by atoms with E-state index < -0.39 is 6.10 Å². The van der Waals surface area contributed by atoms with Crippen LogP contribution in [0.4, 0.5) is 0 Å². The Bertz CT molecular complexity index is 491. The molecular formula is C17H24O3. The highest BCUT2D eigenvalue weighted by molar-refractivity contribution is 5.78. The molecule has 1 rings (SSSR count). The molecule has 0 amide bonds. The summed E-state index contributed by atoms with van der Waals surface area (Å²) in [4.78, 5) is 11.4. The standard InChI is InChI=1S/C17H24O3/c1-11-7-8-16(15(10-11)6-5-9-18)13(3)17(20)12(2)14(4)19/h5-8,10,12-13,17-18,20H,9H2,1-4H3/t12-,13+,17-/m1/s1. The van der Waals surface area contributed by atoms with Crippen LogP contribution in [-0.4, -0.2) is 28.7 Å². The van der Waals surface area contributed by atoms with E-state index in [1.54, 1.807) is 13.0 Å². The van der Waals surface area contributed by atoms with Gasteiger partial charge in [0.15, 0.2) is 0 Å². The van der Waals surface area contributed by atoms with Crippen molar-refractivity contribution < 1.29 is 15.0 Å². The van der Waals surface area contributed by atoms with Crippen molar-refractivity contribution in [3.63, 3.8) is 0 Å². The number of hydrogen-bond donors (Lipinski definition) is 2. The molecule has 0 aromatic heterocycles. The predicted octanol–water partition coefficient (Wildman–Crippen LogP) is 2.69. The van der Waals surface area contributed by atoms with Gasteiger partial charge in [-0.2, -0.15) is 0 Å². The SMILES string of the molecule is CC(=O)[C@@H](C)[C@@H](O)[C@@H](C)c1ccc(C)cc1C=CCO. The van der Waals surface area contributed by atoms with Gasteiger partial charge in [0.25, 0.3) is 0 Å². The minimum Gasteiger partial charge on any atom is -0.392 e. The maximum atomic E-state index is 11.4. The minimum absolute atomic E-state index is 0.0103. The van der Waals surface area contributed by atoms with Crippen LogP contribution >= 0.6 is 0 Å². The summed E-state index contributed by atoms with van der Waals surface area (Å²) in [6.07, 6.45) is 2.81. The Hall–Kier alpha value is -1.45. The van der Waals surface area contributed by atoms with Gasteiger partial charge >= 0.3 is 0 Å². The van der Waals surface area contributed by atoms with Gasteiger partial charge in [0.05, 0.1) is 12.7 Å². The first-order chi connectivity index (χ1) is 9.38. The van der Waals surface area contributed by atoms with Crippen LogP contribution in [0.2, 0.25) is 0 Å². The van der Waals surface area contributed by atoms with E-state index in [4.69, 9.17) is 5.11 Å². The van der Waals surface area contributed by atoms with Crippen LogP contribution in [-0.2, 0) is 4.79 Å². The number of hydrogen-bond acceptors (Lipinski definition) is 3. The number of aliphatic hydroxyl groups is 2. The van der Waals surface area contributed by atoms with Crippen LogP contribution in [0.1, 0.15) is 43.4 Å². The summed E-state index contributed by atoms with van der Waals surface area (Å²) in [7, 11) is 0. The summed E-state index contributed by atoms with van der Waals surface area (Å²) < 4.78 is 0. The van der Waals surface area contributed by atoms with Gasteiger partial charge in [-0.25, -0.2) is 0 Å². The van der Waals surface area contributed by atoms with Crippen molar-refractivity contribution in [3.8, 4) is 0 Å². The number of rotatable bonds is 6. The highest BCUT2D eigenvalue weighted by atomic mass is 16.3. The van der Waals surface area contributed by atoms with Crippen molar-refractivity contribution in [3.05, 3.63) is 41.0 Å². The molecule has 110 valence electrons. The Labute approximate surface area is 121 Å². The van der Waals surface area contributed by atoms with Crippen molar-refractivity contribution in [1.82, 2.24) is 0 Å². The zero-order valence-electron chi connectivity index (χ0n) is 12.6. The number of carbonyl (C=O) groups excluding carboxylic acids is 1. The number of carbonyl (C=O) groups is 1. The second kappa shape index (κ2) is 7.36. The van der Waals surface area contributed by atoms with Gasteiger partial charge in [-0.05, 0) is 25.0 Å². The molecule has 2 N–H and O–H groups in total. The molecule has 0 heterocycles. The molecule has 0 saturated heterocycles. The molecule has 3 atom stereocenters. The topological polar surface area (TPSA) is 57.5 Å². The van der Waals surface area contributed by atoms with Gasteiger partial charge in [0, 0.05) is 11.8 Å². The fraction of sp³-hybridized carbons (Fsp3) is 0.471. The van der Waals surface area contributed by atoms with Crippen molar-refractivity contribution in [1.29, 1.82) is 0 Å². The molecular weight excluding hydrogens is 252 g/mol. The highest BCUT2D eigenvalue weighted by Gasteiger charge is 2.26. The number of aliphatic hydroxyl groups excluding tert-OH is 2. The van der Waals surface area contributed by atoms with Crippen molar-refractivity contribution in [2.24, 2.45) is 5.92 Å². The van der Waals surface area contributed by atoms with Crippen LogP contribution in [0.25, 0.3) is 6.08 Å². The number of aryl methyl sites for hydroxylation is 1. The predicted molar refractivity (Wildman–Crippen MR) is 81.6 cm³/mol. The maximum Gasteiger partial charge on any atom is 0.135 e. The zero-order valence-corrected chi connectivity index (χ0v) is 12.6. The molecule has 0 aliphatic carbocycles. The Balaban J connectivity index is 3.11. The lowest BCUT2D eigenvalue weighted by Gasteiger charge is -2.25. The molecule has 20 heavy (non-hydrogen) atoms. The summed E-state index contributed by atoms with van der Waals surface area (Å²) in [5, 5.41) is 19.3. The molecule has 0 spiro atoms. The fourth-order valence-corrected chi connectivity index (χ4v) is 2.29. The lowest BCUT2D eigenvalue weighted by atomic mass is 9.83. The highest BCUT2D eigenvalue weighted by Crippen LogP contribution is 2.28. The smallest absolute Gasteiger partial charge is 0.135 e. The van der Waals surface area contributed by atoms with Gasteiger partial charge in [-0.1, -0.05) is 49.8 Å². The lowest BCUT2D eigenvalue weighted by Crippen LogP contribution is -2.29. The van der Waals surface area contributed by atoms with Crippen LogP contribution < -0.4 is 0 Å². The number of benzene rings is 1. The molecule has 1 aromatic carbocycles. The summed E-state index contributed by atoms with van der Waals surface area (Å²) in [5.41, 5.74) is 3.08. The van der Waals surface area contributed by atoms with Crippen LogP contribution in [0.15, 0.2) is 24.3 Å². The van der Waals surface area contributed by atoms with Crippen LogP contribution in [0, 0.1) is 12.8 Å². The second-order valence-electron chi connectivity index (χ2n) is 5.40. The van der Waals surface area contributed by atoms with Gasteiger partial charge in [0.1, 0.15) is 5.78 Å². The van der Waals surface area contributed by atoms with E-state index in [0.717, 1.165) is 16.7 Å². The Morgan fingerprint density at radius 3 is 2.55 bits per heavy atom. The van der Waals surface area contributed by atoms with Gasteiger partial charge in [-0.3, -0.25) is 4.79 Å². The Morgan fingerprint density at radius 2 is 2.00 bits per heavy atom. The molecule has 3 heteroatoms. The largest absolute Gasteiger partial charge is 0.392 e. The quantitative estimate of drug-likeness (QED) is 0.840. The van der Waals surface area contributed by atoms with Gasteiger partial charge < -0.3 is 10.2 Å². The van der Waals surface area contributed by atoms with E-state index in [2.05, 4.69) is 0 Å². The molecule has 1 aromatic rings. The first-order valence-electron chi connectivity index (χ1n) is 6.95. The third-order valence-electron chi connectivity index (χ3n) is 3.80. The summed E-state index contributed by atoms with van der Waals surface area (Å²) >= 11 is 0. The third-order valence-corrected chi connectivity index (χ3v) is 3.80. The minimum atomic E-state index is -0.712. The van der Waals surface area contributed by atoms with E-state index in [1.807, 2.05) is 38.1 Å². The number of Topliss-reactive ketones (excluding diaryl/α,β-unsaturated/α-hetero) is 1. The molecule has 0 saturated carbocycles.